The molecule has 3 heterocycles. The van der Waals surface area contributed by atoms with E-state index < -0.39 is 0 Å². The van der Waals surface area contributed by atoms with Crippen LogP contribution in [-0.4, -0.2) is 27.6 Å². The Morgan fingerprint density at radius 1 is 1.00 bits per heavy atom. The number of aromatic nitrogens is 3. The fourth-order valence-electron chi connectivity index (χ4n) is 3.65. The Kier molecular flexibility index (Phi) is 4.67. The predicted octanol–water partition coefficient (Wildman–Crippen LogP) is 5.00. The van der Waals surface area contributed by atoms with Crippen molar-refractivity contribution in [3.63, 3.8) is 0 Å². The lowest BCUT2D eigenvalue weighted by molar-refractivity contribution is -0.117. The zero-order valence-electron chi connectivity index (χ0n) is 16.7. The van der Waals surface area contributed by atoms with Crippen LogP contribution in [0, 0.1) is 13.8 Å². The maximum absolute atomic E-state index is 12.5. The van der Waals surface area contributed by atoms with Crippen LogP contribution in [0.4, 0.5) is 5.69 Å². The van der Waals surface area contributed by atoms with E-state index in [1.54, 1.807) is 16.2 Å². The molecule has 5 rings (SSSR count). The standard InChI is InChI=1S/C23H20N4O2S/c1-14-3-9-19(10-4-14)27-12-18(11-21(27)28)23-25-22(26-29-23)17-7-5-16(6-8-17)20-13-30-15(2)24-20/h3-10,13,18H,11-12H2,1-2H3. The SMILES string of the molecule is Cc1ccc(N2CC(c3nc(-c4ccc(-c5csc(C)n5)cc4)no3)CC2=O)cc1. The number of thiazole rings is 1. The van der Waals surface area contributed by atoms with Crippen LogP contribution in [-0.2, 0) is 4.79 Å². The second-order valence-corrected chi connectivity index (χ2v) is 8.59. The van der Waals surface area contributed by atoms with Gasteiger partial charge >= 0.3 is 0 Å². The summed E-state index contributed by atoms with van der Waals surface area (Å²) in [6, 6.07) is 15.9. The van der Waals surface area contributed by atoms with Gasteiger partial charge in [0.25, 0.3) is 0 Å². The van der Waals surface area contributed by atoms with Gasteiger partial charge in [0.1, 0.15) is 0 Å². The summed E-state index contributed by atoms with van der Waals surface area (Å²) in [5.74, 6) is 1.02. The number of benzene rings is 2. The second kappa shape index (κ2) is 7.50. The molecule has 0 N–H and O–H groups in total. The van der Waals surface area contributed by atoms with Gasteiger partial charge in [-0.1, -0.05) is 47.1 Å². The molecule has 7 heteroatoms. The molecule has 2 aromatic carbocycles. The van der Waals surface area contributed by atoms with Gasteiger partial charge in [-0.25, -0.2) is 4.98 Å². The van der Waals surface area contributed by atoms with E-state index in [1.165, 1.54) is 5.56 Å². The maximum Gasteiger partial charge on any atom is 0.232 e. The lowest BCUT2D eigenvalue weighted by atomic mass is 10.1. The summed E-state index contributed by atoms with van der Waals surface area (Å²) in [5.41, 5.74) is 4.97. The first-order valence-electron chi connectivity index (χ1n) is 9.80. The van der Waals surface area contributed by atoms with E-state index in [0.29, 0.717) is 24.7 Å². The Bertz CT molecular complexity index is 1190. The summed E-state index contributed by atoms with van der Waals surface area (Å²) >= 11 is 1.63. The fourth-order valence-corrected chi connectivity index (χ4v) is 4.27. The first-order valence-corrected chi connectivity index (χ1v) is 10.7. The highest BCUT2D eigenvalue weighted by Crippen LogP contribution is 2.32. The molecule has 0 radical (unpaired) electrons. The van der Waals surface area contributed by atoms with Crippen LogP contribution in [0.1, 0.15) is 28.8 Å². The number of hydrogen-bond donors (Lipinski definition) is 0. The number of carbonyl (C=O) groups is 1. The Balaban J connectivity index is 1.33. The molecule has 0 saturated carbocycles. The minimum absolute atomic E-state index is 0.0755. The molecule has 1 saturated heterocycles. The number of amides is 1. The average Bonchev–Trinajstić information content (AvgIpc) is 3.49. The Morgan fingerprint density at radius 3 is 2.43 bits per heavy atom. The summed E-state index contributed by atoms with van der Waals surface area (Å²) in [7, 11) is 0. The van der Waals surface area contributed by atoms with Gasteiger partial charge in [0, 0.05) is 35.2 Å². The number of nitrogens with zero attached hydrogens (tertiary/aromatic N) is 4. The molecule has 1 fully saturated rings. The van der Waals surface area contributed by atoms with Gasteiger partial charge in [-0.2, -0.15) is 4.98 Å². The fraction of sp³-hybridized carbons (Fsp3) is 0.217. The molecule has 30 heavy (non-hydrogen) atoms. The van der Waals surface area contributed by atoms with E-state index in [4.69, 9.17) is 4.52 Å². The minimum Gasteiger partial charge on any atom is -0.339 e. The molecule has 4 aromatic rings. The molecule has 0 aliphatic carbocycles. The molecular formula is C23H20N4O2S. The first-order chi connectivity index (χ1) is 14.6. The molecule has 6 nitrogen and oxygen atoms in total. The predicted molar refractivity (Wildman–Crippen MR) is 116 cm³/mol. The first kappa shape index (κ1) is 18.7. The molecule has 150 valence electrons. The van der Waals surface area contributed by atoms with Crippen molar-refractivity contribution in [2.24, 2.45) is 0 Å². The molecule has 1 atom stereocenters. The molecule has 1 aliphatic heterocycles. The van der Waals surface area contributed by atoms with E-state index >= 15 is 0 Å². The molecule has 2 aromatic heterocycles. The summed E-state index contributed by atoms with van der Waals surface area (Å²) in [5, 5.41) is 7.24. The van der Waals surface area contributed by atoms with Crippen LogP contribution >= 0.6 is 11.3 Å². The van der Waals surface area contributed by atoms with Gasteiger partial charge in [-0.3, -0.25) is 4.79 Å². The number of rotatable bonds is 4. The zero-order chi connectivity index (χ0) is 20.7. The van der Waals surface area contributed by atoms with E-state index in [9.17, 15) is 4.79 Å². The van der Waals surface area contributed by atoms with E-state index in [1.807, 2.05) is 67.8 Å². The summed E-state index contributed by atoms with van der Waals surface area (Å²) in [4.78, 5) is 23.4. The van der Waals surface area contributed by atoms with Crippen molar-refractivity contribution in [1.82, 2.24) is 15.1 Å². The molecule has 0 spiro atoms. The Labute approximate surface area is 178 Å². The van der Waals surface area contributed by atoms with Crippen LogP contribution in [0.5, 0.6) is 0 Å². The molecule has 0 bridgehead atoms. The van der Waals surface area contributed by atoms with Gasteiger partial charge in [0.2, 0.25) is 17.6 Å². The smallest absolute Gasteiger partial charge is 0.232 e. The van der Waals surface area contributed by atoms with Crippen molar-refractivity contribution in [2.45, 2.75) is 26.2 Å². The quantitative estimate of drug-likeness (QED) is 0.468. The van der Waals surface area contributed by atoms with Gasteiger partial charge < -0.3 is 9.42 Å². The maximum atomic E-state index is 12.5. The van der Waals surface area contributed by atoms with E-state index in [0.717, 1.165) is 27.5 Å². The Morgan fingerprint density at radius 2 is 1.73 bits per heavy atom. The van der Waals surface area contributed by atoms with Crippen molar-refractivity contribution < 1.29 is 9.32 Å². The average molecular weight is 417 g/mol. The van der Waals surface area contributed by atoms with Crippen LogP contribution in [0.25, 0.3) is 22.6 Å². The number of aryl methyl sites for hydroxylation is 2. The van der Waals surface area contributed by atoms with E-state index in [-0.39, 0.29) is 11.8 Å². The molecular weight excluding hydrogens is 396 g/mol. The highest BCUT2D eigenvalue weighted by molar-refractivity contribution is 7.09. The molecule has 1 unspecified atom stereocenters. The van der Waals surface area contributed by atoms with E-state index in [2.05, 4.69) is 15.1 Å². The van der Waals surface area contributed by atoms with Crippen LogP contribution in [0.3, 0.4) is 0 Å². The molecule has 1 amide bonds. The zero-order valence-corrected chi connectivity index (χ0v) is 17.5. The lowest BCUT2D eigenvalue weighted by Crippen LogP contribution is -2.24. The summed E-state index contributed by atoms with van der Waals surface area (Å²) in [6.07, 6.45) is 0.373. The van der Waals surface area contributed by atoms with Gasteiger partial charge in [0.05, 0.1) is 16.6 Å². The minimum atomic E-state index is -0.0997. The summed E-state index contributed by atoms with van der Waals surface area (Å²) < 4.78 is 5.52. The van der Waals surface area contributed by atoms with Gasteiger partial charge in [-0.05, 0) is 26.0 Å². The number of anilines is 1. The van der Waals surface area contributed by atoms with Crippen molar-refractivity contribution in [3.05, 3.63) is 70.4 Å². The normalized spacial score (nSPS) is 16.4. The third kappa shape index (κ3) is 3.52. The highest BCUT2D eigenvalue weighted by Gasteiger charge is 2.35. The van der Waals surface area contributed by atoms with Crippen LogP contribution in [0.15, 0.2) is 58.4 Å². The van der Waals surface area contributed by atoms with Gasteiger partial charge in [0.15, 0.2) is 0 Å². The van der Waals surface area contributed by atoms with Crippen molar-refractivity contribution in [2.75, 3.05) is 11.4 Å². The van der Waals surface area contributed by atoms with Crippen molar-refractivity contribution in [1.29, 1.82) is 0 Å². The Hall–Kier alpha value is -3.32. The van der Waals surface area contributed by atoms with Crippen LogP contribution in [0.2, 0.25) is 0 Å². The summed E-state index contributed by atoms with van der Waals surface area (Å²) in [6.45, 7) is 4.57. The highest BCUT2D eigenvalue weighted by atomic mass is 32.1. The van der Waals surface area contributed by atoms with Crippen LogP contribution < -0.4 is 4.90 Å². The third-order valence-electron chi connectivity index (χ3n) is 5.32. The van der Waals surface area contributed by atoms with Gasteiger partial charge in [-0.15, -0.1) is 11.3 Å². The topological polar surface area (TPSA) is 72.1 Å². The van der Waals surface area contributed by atoms with Crippen molar-refractivity contribution in [3.8, 4) is 22.6 Å². The largest absolute Gasteiger partial charge is 0.339 e. The monoisotopic (exact) mass is 416 g/mol. The number of hydrogen-bond acceptors (Lipinski definition) is 6. The number of carbonyl (C=O) groups excluding carboxylic acids is 1. The molecule has 1 aliphatic rings. The lowest BCUT2D eigenvalue weighted by Gasteiger charge is -2.16. The third-order valence-corrected chi connectivity index (χ3v) is 6.09. The second-order valence-electron chi connectivity index (χ2n) is 7.53. The van der Waals surface area contributed by atoms with Crippen molar-refractivity contribution >= 4 is 22.9 Å².